The van der Waals surface area contributed by atoms with Crippen LogP contribution >= 0.6 is 12.4 Å². The number of hydrogen-bond donors (Lipinski definition) is 1. The van der Waals surface area contributed by atoms with Crippen molar-refractivity contribution in [1.82, 2.24) is 20.4 Å². The highest BCUT2D eigenvalue weighted by atomic mass is 35.5. The van der Waals surface area contributed by atoms with E-state index in [9.17, 15) is 4.79 Å². The van der Waals surface area contributed by atoms with Crippen molar-refractivity contribution in [2.75, 3.05) is 26.2 Å². The van der Waals surface area contributed by atoms with E-state index in [1.54, 1.807) is 0 Å². The second-order valence-corrected chi connectivity index (χ2v) is 8.81. The molecular formula is C20H29ClN4O2. The van der Waals surface area contributed by atoms with Crippen molar-refractivity contribution >= 4 is 29.4 Å². The van der Waals surface area contributed by atoms with Gasteiger partial charge in [-0.05, 0) is 43.7 Å². The normalized spacial score (nSPS) is 18.3. The van der Waals surface area contributed by atoms with Crippen LogP contribution in [0.5, 0.6) is 0 Å². The Bertz CT molecular complexity index is 815. The summed E-state index contributed by atoms with van der Waals surface area (Å²) in [7, 11) is 0. The Morgan fingerprint density at radius 1 is 1.30 bits per heavy atom. The summed E-state index contributed by atoms with van der Waals surface area (Å²) in [6.07, 6.45) is 4.02. The van der Waals surface area contributed by atoms with Crippen LogP contribution in [0.25, 0.3) is 11.1 Å². The number of nitrogens with zero attached hydrogens (tertiary/aromatic N) is 3. The Balaban J connectivity index is 0.00000210. The van der Waals surface area contributed by atoms with E-state index in [0.29, 0.717) is 11.6 Å². The number of nitrogens with one attached hydrogen (secondary N) is 1. The van der Waals surface area contributed by atoms with Crippen LogP contribution in [-0.2, 0) is 6.42 Å². The number of aromatic nitrogens is 2. The summed E-state index contributed by atoms with van der Waals surface area (Å²) in [6, 6.07) is 2.00. The van der Waals surface area contributed by atoms with Gasteiger partial charge in [0, 0.05) is 31.2 Å². The van der Waals surface area contributed by atoms with Crippen LogP contribution in [0.2, 0.25) is 0 Å². The molecule has 6 nitrogen and oxygen atoms in total. The Morgan fingerprint density at radius 2 is 2.07 bits per heavy atom. The number of hydrogen-bond acceptors (Lipinski definition) is 5. The molecule has 3 heterocycles. The second kappa shape index (κ2) is 7.76. The summed E-state index contributed by atoms with van der Waals surface area (Å²) in [5, 5.41) is 8.46. The first-order chi connectivity index (χ1) is 12.4. The van der Waals surface area contributed by atoms with Gasteiger partial charge in [0.15, 0.2) is 0 Å². The number of carbonyl (C=O) groups is 1. The van der Waals surface area contributed by atoms with Crippen molar-refractivity contribution in [3.05, 3.63) is 23.0 Å². The van der Waals surface area contributed by atoms with Gasteiger partial charge in [-0.15, -0.1) is 12.4 Å². The molecule has 0 radical (unpaired) electrons. The van der Waals surface area contributed by atoms with Gasteiger partial charge in [-0.25, -0.2) is 4.98 Å². The molecule has 0 bridgehead atoms. The van der Waals surface area contributed by atoms with Gasteiger partial charge in [0.1, 0.15) is 0 Å². The van der Waals surface area contributed by atoms with Gasteiger partial charge in [-0.3, -0.25) is 4.79 Å². The lowest BCUT2D eigenvalue weighted by molar-refractivity contribution is 0.0768. The molecule has 148 valence electrons. The highest BCUT2D eigenvalue weighted by Gasteiger charge is 2.31. The van der Waals surface area contributed by atoms with E-state index in [1.165, 1.54) is 0 Å². The monoisotopic (exact) mass is 392 g/mol. The molecule has 27 heavy (non-hydrogen) atoms. The van der Waals surface area contributed by atoms with Crippen molar-refractivity contribution in [2.24, 2.45) is 5.41 Å². The van der Waals surface area contributed by atoms with Crippen LogP contribution in [-0.4, -0.2) is 47.1 Å². The molecule has 0 atom stereocenters. The van der Waals surface area contributed by atoms with Gasteiger partial charge in [0.05, 0.1) is 16.6 Å². The quantitative estimate of drug-likeness (QED) is 0.864. The lowest BCUT2D eigenvalue weighted by Crippen LogP contribution is -2.34. The topological polar surface area (TPSA) is 71.3 Å². The first kappa shape index (κ1) is 20.1. The van der Waals surface area contributed by atoms with Crippen LogP contribution in [0.4, 0.5) is 0 Å². The number of carbonyl (C=O) groups excluding carboxylic acids is 1. The van der Waals surface area contributed by atoms with E-state index in [2.05, 4.69) is 36.2 Å². The molecule has 2 fully saturated rings. The first-order valence-corrected chi connectivity index (χ1v) is 9.71. The zero-order chi connectivity index (χ0) is 18.3. The van der Waals surface area contributed by atoms with Gasteiger partial charge < -0.3 is 14.7 Å². The van der Waals surface area contributed by atoms with Crippen molar-refractivity contribution in [2.45, 2.75) is 52.4 Å². The number of halogens is 1. The number of fused-ring (bicyclic) bond motifs is 1. The molecule has 0 spiro atoms. The molecule has 1 aliphatic carbocycles. The smallest absolute Gasteiger partial charge is 0.259 e. The third-order valence-electron chi connectivity index (χ3n) is 5.09. The summed E-state index contributed by atoms with van der Waals surface area (Å²) in [5.41, 5.74) is 3.13. The Labute approximate surface area is 166 Å². The molecule has 1 N–H and O–H groups in total. The molecule has 0 unspecified atom stereocenters. The fourth-order valence-electron chi connectivity index (χ4n) is 3.63. The molecule has 2 aromatic rings. The third-order valence-corrected chi connectivity index (χ3v) is 5.09. The Hall–Kier alpha value is -1.66. The largest absolute Gasteiger partial charge is 0.337 e. The summed E-state index contributed by atoms with van der Waals surface area (Å²) >= 11 is 0. The van der Waals surface area contributed by atoms with Gasteiger partial charge in [-0.2, -0.15) is 0 Å². The van der Waals surface area contributed by atoms with Crippen LogP contribution < -0.4 is 5.32 Å². The average Bonchev–Trinajstić information content (AvgIpc) is 3.39. The van der Waals surface area contributed by atoms with Gasteiger partial charge in [0.25, 0.3) is 11.6 Å². The van der Waals surface area contributed by atoms with Gasteiger partial charge in [-0.1, -0.05) is 25.9 Å². The molecule has 4 rings (SSSR count). The molecule has 0 aromatic carbocycles. The van der Waals surface area contributed by atoms with Crippen molar-refractivity contribution in [1.29, 1.82) is 0 Å². The Morgan fingerprint density at radius 3 is 2.78 bits per heavy atom. The summed E-state index contributed by atoms with van der Waals surface area (Å²) < 4.78 is 5.57. The standard InChI is InChI=1S/C20H28N4O2.ClH/c1-20(2,3)12-16-17-14(19(25)24-9-4-7-21-8-10-24)11-15(13-5-6-13)22-18(17)26-23-16;/h11,13,21H,4-10,12H2,1-3H3;1H. The fraction of sp³-hybridized carbons (Fsp3) is 0.650. The Kier molecular flexibility index (Phi) is 5.77. The molecular weight excluding hydrogens is 364 g/mol. The molecule has 2 aromatic heterocycles. The molecule has 1 saturated heterocycles. The minimum absolute atomic E-state index is 0. The highest BCUT2D eigenvalue weighted by molar-refractivity contribution is 6.06. The SMILES string of the molecule is CC(C)(C)Cc1noc2nc(C3CC3)cc(C(=O)N3CCCNCC3)c12.Cl. The first-order valence-electron chi connectivity index (χ1n) is 9.71. The maximum Gasteiger partial charge on any atom is 0.259 e. The highest BCUT2D eigenvalue weighted by Crippen LogP contribution is 2.41. The molecule has 2 aliphatic rings. The molecule has 1 amide bonds. The molecule has 7 heteroatoms. The van der Waals surface area contributed by atoms with E-state index in [4.69, 9.17) is 4.52 Å². The van der Waals surface area contributed by atoms with Crippen molar-refractivity contribution < 1.29 is 9.32 Å². The van der Waals surface area contributed by atoms with Crippen molar-refractivity contribution in [3.63, 3.8) is 0 Å². The van der Waals surface area contributed by atoms with Crippen LogP contribution in [0.3, 0.4) is 0 Å². The van der Waals surface area contributed by atoms with Gasteiger partial charge in [0.2, 0.25) is 0 Å². The van der Waals surface area contributed by atoms with Crippen LogP contribution in [0, 0.1) is 5.41 Å². The number of amides is 1. The zero-order valence-corrected chi connectivity index (χ0v) is 17.2. The summed E-state index contributed by atoms with van der Waals surface area (Å²) in [4.78, 5) is 20.0. The zero-order valence-electron chi connectivity index (χ0n) is 16.4. The molecule has 1 saturated carbocycles. The summed E-state index contributed by atoms with van der Waals surface area (Å²) in [5.74, 6) is 0.550. The predicted octanol–water partition coefficient (Wildman–Crippen LogP) is 3.55. The third kappa shape index (κ3) is 4.43. The minimum Gasteiger partial charge on any atom is -0.337 e. The van der Waals surface area contributed by atoms with Crippen molar-refractivity contribution in [3.8, 4) is 0 Å². The maximum absolute atomic E-state index is 13.4. The second-order valence-electron chi connectivity index (χ2n) is 8.81. The van der Waals surface area contributed by atoms with E-state index >= 15 is 0 Å². The van der Waals surface area contributed by atoms with E-state index < -0.39 is 0 Å². The summed E-state index contributed by atoms with van der Waals surface area (Å²) in [6.45, 7) is 9.83. The van der Waals surface area contributed by atoms with Crippen LogP contribution in [0.1, 0.15) is 67.7 Å². The molecule has 1 aliphatic heterocycles. The average molecular weight is 393 g/mol. The lowest BCUT2D eigenvalue weighted by atomic mass is 9.89. The number of rotatable bonds is 3. The van der Waals surface area contributed by atoms with E-state index in [1.807, 2.05) is 11.0 Å². The van der Waals surface area contributed by atoms with E-state index in [-0.39, 0.29) is 23.7 Å². The van der Waals surface area contributed by atoms with E-state index in [0.717, 1.165) is 74.2 Å². The minimum atomic E-state index is 0. The lowest BCUT2D eigenvalue weighted by Gasteiger charge is -2.21. The number of pyridine rings is 1. The maximum atomic E-state index is 13.4. The van der Waals surface area contributed by atoms with Gasteiger partial charge >= 0.3 is 0 Å². The predicted molar refractivity (Wildman–Crippen MR) is 108 cm³/mol. The van der Waals surface area contributed by atoms with Crippen LogP contribution in [0.15, 0.2) is 10.6 Å². The fourth-order valence-corrected chi connectivity index (χ4v) is 3.63.